The van der Waals surface area contributed by atoms with Crippen molar-refractivity contribution in [3.05, 3.63) is 12.2 Å². The number of ether oxygens (including phenoxy) is 3. The maximum atomic E-state index is 12.8. The quantitative estimate of drug-likeness (QED) is 0.0262. The Morgan fingerprint density at radius 1 is 0.302 bits per heavy atom. The predicted molar refractivity (Wildman–Crippen MR) is 270 cm³/mol. The molecule has 0 aromatic carbocycles. The van der Waals surface area contributed by atoms with E-state index in [9.17, 15) is 14.4 Å². The standard InChI is InChI=1S/C57H108O6/c1-4-7-10-13-16-19-22-25-26-27-28-29-30-33-35-38-41-44-47-50-56(59)62-53-54(63-57(60)51-48-45-42-39-36-32-24-21-18-15-12-9-6-3)52-61-55(58)49-46-43-40-37-34-31-23-20-17-14-11-8-5-2/h27-28,54H,4-26,29-53H2,1-3H3/b28-27-. The molecule has 372 valence electrons. The second-order valence-electron chi connectivity index (χ2n) is 19.2. The fraction of sp³-hybridized carbons (Fsp3) is 0.912. The minimum Gasteiger partial charge on any atom is -0.462 e. The van der Waals surface area contributed by atoms with E-state index in [0.29, 0.717) is 19.3 Å². The summed E-state index contributed by atoms with van der Waals surface area (Å²) in [6, 6.07) is 0. The molecule has 0 fully saturated rings. The van der Waals surface area contributed by atoms with E-state index in [2.05, 4.69) is 32.9 Å². The van der Waals surface area contributed by atoms with E-state index in [1.807, 2.05) is 0 Å². The van der Waals surface area contributed by atoms with Crippen LogP contribution in [-0.2, 0) is 28.6 Å². The Balaban J connectivity index is 4.29. The number of carbonyl (C=O) groups is 3. The fourth-order valence-electron chi connectivity index (χ4n) is 8.50. The summed E-state index contributed by atoms with van der Waals surface area (Å²) in [5, 5.41) is 0. The van der Waals surface area contributed by atoms with Crippen LogP contribution in [0.15, 0.2) is 12.2 Å². The van der Waals surface area contributed by atoms with Crippen LogP contribution in [0.25, 0.3) is 0 Å². The highest BCUT2D eigenvalue weighted by molar-refractivity contribution is 5.71. The van der Waals surface area contributed by atoms with Crippen LogP contribution in [0.5, 0.6) is 0 Å². The van der Waals surface area contributed by atoms with Crippen LogP contribution in [0, 0.1) is 0 Å². The molecule has 6 nitrogen and oxygen atoms in total. The average molecular weight is 889 g/mol. The number of hydrogen-bond donors (Lipinski definition) is 0. The molecule has 0 aromatic heterocycles. The Labute approximate surface area is 392 Å². The summed E-state index contributed by atoms with van der Waals surface area (Å²) in [4.78, 5) is 38.0. The van der Waals surface area contributed by atoms with Crippen molar-refractivity contribution in [2.75, 3.05) is 13.2 Å². The molecule has 0 aliphatic rings. The van der Waals surface area contributed by atoms with Crippen molar-refractivity contribution >= 4 is 17.9 Å². The maximum Gasteiger partial charge on any atom is 0.306 e. The van der Waals surface area contributed by atoms with E-state index in [1.165, 1.54) is 218 Å². The highest BCUT2D eigenvalue weighted by atomic mass is 16.6. The lowest BCUT2D eigenvalue weighted by atomic mass is 10.0. The van der Waals surface area contributed by atoms with Gasteiger partial charge in [0.05, 0.1) is 0 Å². The van der Waals surface area contributed by atoms with E-state index < -0.39 is 6.10 Å². The van der Waals surface area contributed by atoms with E-state index in [1.54, 1.807) is 0 Å². The van der Waals surface area contributed by atoms with E-state index in [4.69, 9.17) is 14.2 Å². The Hall–Kier alpha value is -1.85. The maximum absolute atomic E-state index is 12.8. The Morgan fingerprint density at radius 2 is 0.524 bits per heavy atom. The average Bonchev–Trinajstić information content (AvgIpc) is 3.28. The molecular formula is C57H108O6. The molecule has 0 radical (unpaired) electrons. The van der Waals surface area contributed by atoms with Gasteiger partial charge in [-0.3, -0.25) is 14.4 Å². The van der Waals surface area contributed by atoms with Crippen LogP contribution in [0.1, 0.15) is 316 Å². The molecule has 0 aliphatic heterocycles. The highest BCUT2D eigenvalue weighted by Gasteiger charge is 2.19. The van der Waals surface area contributed by atoms with Gasteiger partial charge in [0.2, 0.25) is 0 Å². The van der Waals surface area contributed by atoms with E-state index in [0.717, 1.165) is 57.8 Å². The molecule has 0 aliphatic carbocycles. The van der Waals surface area contributed by atoms with Crippen LogP contribution in [0.2, 0.25) is 0 Å². The highest BCUT2D eigenvalue weighted by Crippen LogP contribution is 2.17. The third-order valence-corrected chi connectivity index (χ3v) is 12.8. The van der Waals surface area contributed by atoms with Gasteiger partial charge in [0, 0.05) is 19.3 Å². The number of allylic oxidation sites excluding steroid dienone is 2. The minimum atomic E-state index is -0.765. The minimum absolute atomic E-state index is 0.0655. The lowest BCUT2D eigenvalue weighted by Gasteiger charge is -2.18. The second-order valence-corrected chi connectivity index (χ2v) is 19.2. The largest absolute Gasteiger partial charge is 0.462 e. The first kappa shape index (κ1) is 61.1. The smallest absolute Gasteiger partial charge is 0.306 e. The molecule has 1 atom stereocenters. The summed E-state index contributed by atoms with van der Waals surface area (Å²) >= 11 is 0. The monoisotopic (exact) mass is 889 g/mol. The molecule has 0 amide bonds. The van der Waals surface area contributed by atoms with Crippen LogP contribution in [0.3, 0.4) is 0 Å². The Kier molecular flexibility index (Phi) is 51.2. The van der Waals surface area contributed by atoms with Gasteiger partial charge in [0.1, 0.15) is 13.2 Å². The van der Waals surface area contributed by atoms with Gasteiger partial charge in [-0.15, -0.1) is 0 Å². The first-order chi connectivity index (χ1) is 31.0. The summed E-state index contributed by atoms with van der Waals surface area (Å²) < 4.78 is 16.9. The van der Waals surface area contributed by atoms with Gasteiger partial charge in [-0.05, 0) is 44.9 Å². The molecule has 1 unspecified atom stereocenters. The summed E-state index contributed by atoms with van der Waals surface area (Å²) in [7, 11) is 0. The number of rotatable bonds is 52. The molecule has 0 aromatic rings. The molecule has 0 rings (SSSR count). The number of unbranched alkanes of at least 4 members (excludes halogenated alkanes) is 39. The first-order valence-corrected chi connectivity index (χ1v) is 28.2. The van der Waals surface area contributed by atoms with Crippen molar-refractivity contribution in [1.82, 2.24) is 0 Å². The molecule has 0 spiro atoms. The number of carbonyl (C=O) groups excluding carboxylic acids is 3. The van der Waals surface area contributed by atoms with Gasteiger partial charge in [-0.1, -0.05) is 264 Å². The van der Waals surface area contributed by atoms with Crippen molar-refractivity contribution < 1.29 is 28.6 Å². The molecule has 0 bridgehead atoms. The molecule has 0 saturated heterocycles. The van der Waals surface area contributed by atoms with Crippen molar-refractivity contribution in [2.24, 2.45) is 0 Å². The summed E-state index contributed by atoms with van der Waals surface area (Å²) in [6.45, 7) is 6.68. The lowest BCUT2D eigenvalue weighted by Crippen LogP contribution is -2.30. The molecule has 63 heavy (non-hydrogen) atoms. The van der Waals surface area contributed by atoms with Crippen molar-refractivity contribution in [3.8, 4) is 0 Å². The molecule has 6 heteroatoms. The van der Waals surface area contributed by atoms with Crippen molar-refractivity contribution in [3.63, 3.8) is 0 Å². The molecule has 0 saturated carbocycles. The lowest BCUT2D eigenvalue weighted by molar-refractivity contribution is -0.167. The van der Waals surface area contributed by atoms with Gasteiger partial charge in [0.15, 0.2) is 6.10 Å². The number of hydrogen-bond acceptors (Lipinski definition) is 6. The normalized spacial score (nSPS) is 12.0. The summed E-state index contributed by atoms with van der Waals surface area (Å²) in [5.74, 6) is -0.849. The summed E-state index contributed by atoms with van der Waals surface area (Å²) in [6.07, 6.45) is 59.1. The topological polar surface area (TPSA) is 78.9 Å². The van der Waals surface area contributed by atoms with Crippen LogP contribution in [-0.4, -0.2) is 37.2 Å². The number of esters is 3. The van der Waals surface area contributed by atoms with Gasteiger partial charge in [0.25, 0.3) is 0 Å². The molecule has 0 heterocycles. The Morgan fingerprint density at radius 3 is 0.794 bits per heavy atom. The summed E-state index contributed by atoms with van der Waals surface area (Å²) in [5.41, 5.74) is 0. The second kappa shape index (κ2) is 52.8. The molecular weight excluding hydrogens is 781 g/mol. The van der Waals surface area contributed by atoms with Crippen LogP contribution in [0.4, 0.5) is 0 Å². The van der Waals surface area contributed by atoms with Crippen molar-refractivity contribution in [2.45, 2.75) is 322 Å². The SMILES string of the molecule is CCCCCCCCCC/C=C\CCCCCCCCCC(=O)OCC(COC(=O)CCCCCCCCCCCCCCC)OC(=O)CCCCCCCCCCCCCCC. The van der Waals surface area contributed by atoms with Crippen molar-refractivity contribution in [1.29, 1.82) is 0 Å². The third kappa shape index (κ3) is 51.0. The predicted octanol–water partition coefficient (Wildman–Crippen LogP) is 18.5. The third-order valence-electron chi connectivity index (χ3n) is 12.8. The van der Waals surface area contributed by atoms with Crippen LogP contribution >= 0.6 is 0 Å². The Bertz CT molecular complexity index is 978. The van der Waals surface area contributed by atoms with E-state index in [-0.39, 0.29) is 31.1 Å². The fourth-order valence-corrected chi connectivity index (χ4v) is 8.50. The zero-order chi connectivity index (χ0) is 45.8. The zero-order valence-electron chi connectivity index (χ0n) is 42.6. The van der Waals surface area contributed by atoms with Gasteiger partial charge >= 0.3 is 17.9 Å². The molecule has 0 N–H and O–H groups in total. The van der Waals surface area contributed by atoms with E-state index >= 15 is 0 Å². The zero-order valence-corrected chi connectivity index (χ0v) is 42.6. The van der Waals surface area contributed by atoms with Crippen LogP contribution < -0.4 is 0 Å². The first-order valence-electron chi connectivity index (χ1n) is 28.2. The van der Waals surface area contributed by atoms with Gasteiger partial charge in [-0.25, -0.2) is 0 Å². The van der Waals surface area contributed by atoms with Gasteiger partial charge < -0.3 is 14.2 Å². The van der Waals surface area contributed by atoms with Gasteiger partial charge in [-0.2, -0.15) is 0 Å².